The Morgan fingerprint density at radius 1 is 0.703 bits per heavy atom. The number of hydrogen-bond donors (Lipinski definition) is 1. The third-order valence-corrected chi connectivity index (χ3v) is 6.24. The van der Waals surface area contributed by atoms with Crippen LogP contribution in [-0.2, 0) is 29.1 Å². The third kappa shape index (κ3) is 6.00. The van der Waals surface area contributed by atoms with Crippen molar-refractivity contribution in [3.63, 3.8) is 0 Å². The molecule has 0 aromatic heterocycles. The molecule has 1 aliphatic rings. The molecule has 0 spiro atoms. The highest BCUT2D eigenvalue weighted by molar-refractivity contribution is 6.54. The molecule has 0 saturated heterocycles. The van der Waals surface area contributed by atoms with E-state index in [0.717, 1.165) is 11.3 Å². The number of carbonyl (C=O) groups is 2. The minimum Gasteiger partial charge on any atom is -0.293 e. The normalized spacial score (nSPS) is 13.7. The Morgan fingerprint density at radius 3 is 1.81 bits per heavy atom. The van der Waals surface area contributed by atoms with Gasteiger partial charge in [-0.2, -0.15) is 5.10 Å². The number of hydrogen-bond acceptors (Lipinski definition) is 4. The van der Waals surface area contributed by atoms with Crippen LogP contribution in [0.3, 0.4) is 0 Å². The highest BCUT2D eigenvalue weighted by atomic mass is 16.2. The van der Waals surface area contributed by atoms with Crippen LogP contribution in [0.5, 0.6) is 0 Å². The summed E-state index contributed by atoms with van der Waals surface area (Å²) < 4.78 is 0. The highest BCUT2D eigenvalue weighted by Gasteiger charge is 2.35. The molecule has 0 unspecified atom stereocenters. The maximum atomic E-state index is 13.6. The zero-order valence-electron chi connectivity index (χ0n) is 20.5. The Balaban J connectivity index is 1.37. The first-order valence-electron chi connectivity index (χ1n) is 12.3. The van der Waals surface area contributed by atoms with Crippen LogP contribution in [0.4, 0.5) is 5.69 Å². The molecule has 1 N–H and O–H groups in total. The van der Waals surface area contributed by atoms with E-state index in [-0.39, 0.29) is 23.9 Å². The van der Waals surface area contributed by atoms with Gasteiger partial charge in [0.25, 0.3) is 5.91 Å². The minimum atomic E-state index is -0.266. The number of rotatable bonds is 9. The van der Waals surface area contributed by atoms with Gasteiger partial charge in [-0.1, -0.05) is 109 Å². The first kappa shape index (κ1) is 24.2. The molecule has 0 saturated carbocycles. The summed E-state index contributed by atoms with van der Waals surface area (Å²) in [5.41, 5.74) is 7.55. The summed E-state index contributed by atoms with van der Waals surface area (Å²) in [7, 11) is 0. The van der Waals surface area contributed by atoms with Crippen LogP contribution in [0.1, 0.15) is 22.3 Å². The van der Waals surface area contributed by atoms with Crippen LogP contribution in [-0.4, -0.2) is 29.1 Å². The number of hydrazone groups is 1. The number of carbonyl (C=O) groups excluding carboxylic acids is 2. The third-order valence-electron chi connectivity index (χ3n) is 6.24. The van der Waals surface area contributed by atoms with Crippen LogP contribution in [0.25, 0.3) is 0 Å². The molecule has 1 heterocycles. The number of fused-ring (bicyclic) bond motifs is 1. The van der Waals surface area contributed by atoms with Gasteiger partial charge in [0.05, 0.1) is 18.8 Å². The van der Waals surface area contributed by atoms with Crippen molar-refractivity contribution in [1.29, 1.82) is 0 Å². The first-order chi connectivity index (χ1) is 18.2. The lowest BCUT2D eigenvalue weighted by Crippen LogP contribution is -2.41. The van der Waals surface area contributed by atoms with Gasteiger partial charge in [-0.05, 0) is 22.8 Å². The van der Waals surface area contributed by atoms with E-state index in [1.165, 1.54) is 11.1 Å². The van der Waals surface area contributed by atoms with Gasteiger partial charge in [-0.3, -0.25) is 19.4 Å². The molecular formula is C31H28N4O2. The van der Waals surface area contributed by atoms with Gasteiger partial charge in [0.15, 0.2) is 5.71 Å². The van der Waals surface area contributed by atoms with Crippen LogP contribution in [0, 0.1) is 0 Å². The molecule has 0 radical (unpaired) electrons. The standard InChI is InChI=1S/C31H28N4O2/c36-29(20-24-12-4-1-5-13-24)32-33-30-27-18-10-11-19-28(27)35(31(30)37)23-34(21-25-14-6-2-7-15-25)22-26-16-8-3-9-17-26/h1-19H,20-23H2,(H,32,36)/b33-30+. The van der Waals surface area contributed by atoms with E-state index in [4.69, 9.17) is 0 Å². The average molecular weight is 489 g/mol. The van der Waals surface area contributed by atoms with Gasteiger partial charge < -0.3 is 0 Å². The fourth-order valence-corrected chi connectivity index (χ4v) is 4.49. The predicted molar refractivity (Wildman–Crippen MR) is 146 cm³/mol. The quantitative estimate of drug-likeness (QED) is 0.346. The summed E-state index contributed by atoms with van der Waals surface area (Å²) in [6.07, 6.45) is 0.194. The van der Waals surface area contributed by atoms with E-state index in [0.29, 0.717) is 25.3 Å². The number of para-hydroxylation sites is 1. The number of anilines is 1. The second kappa shape index (κ2) is 11.5. The Morgan fingerprint density at radius 2 is 1.22 bits per heavy atom. The maximum absolute atomic E-state index is 13.6. The molecule has 6 heteroatoms. The van der Waals surface area contributed by atoms with E-state index in [9.17, 15) is 9.59 Å². The lowest BCUT2D eigenvalue weighted by molar-refractivity contribution is -0.120. The van der Waals surface area contributed by atoms with Crippen molar-refractivity contribution in [2.45, 2.75) is 19.5 Å². The van der Waals surface area contributed by atoms with Crippen molar-refractivity contribution < 1.29 is 9.59 Å². The van der Waals surface area contributed by atoms with Gasteiger partial charge in [0.2, 0.25) is 5.91 Å². The number of nitrogens with zero attached hydrogens (tertiary/aromatic N) is 3. The fourth-order valence-electron chi connectivity index (χ4n) is 4.49. The summed E-state index contributed by atoms with van der Waals surface area (Å²) in [5.74, 6) is -0.496. The zero-order valence-corrected chi connectivity index (χ0v) is 20.5. The van der Waals surface area contributed by atoms with Gasteiger partial charge >= 0.3 is 0 Å². The van der Waals surface area contributed by atoms with Crippen molar-refractivity contribution in [2.75, 3.05) is 11.6 Å². The van der Waals surface area contributed by atoms with Crippen LogP contribution >= 0.6 is 0 Å². The number of amides is 2. The maximum Gasteiger partial charge on any atom is 0.280 e. The lowest BCUT2D eigenvalue weighted by Gasteiger charge is -2.28. The SMILES string of the molecule is O=C(Cc1ccccc1)N/N=C1/C(=O)N(CN(Cc2ccccc2)Cc2ccccc2)c2ccccc21. The summed E-state index contributed by atoms with van der Waals surface area (Å²) in [5, 5.41) is 4.27. The molecule has 5 rings (SSSR count). The van der Waals surface area contributed by atoms with Crippen LogP contribution < -0.4 is 10.3 Å². The van der Waals surface area contributed by atoms with E-state index < -0.39 is 0 Å². The molecule has 2 amide bonds. The molecule has 184 valence electrons. The van der Waals surface area contributed by atoms with Gasteiger partial charge in [0.1, 0.15) is 0 Å². The summed E-state index contributed by atoms with van der Waals surface area (Å²) in [6.45, 7) is 1.75. The molecule has 0 bridgehead atoms. The average Bonchev–Trinajstić information content (AvgIpc) is 3.19. The predicted octanol–water partition coefficient (Wildman–Crippen LogP) is 4.76. The van der Waals surface area contributed by atoms with E-state index in [1.807, 2.05) is 91.0 Å². The monoisotopic (exact) mass is 488 g/mol. The van der Waals surface area contributed by atoms with E-state index in [2.05, 4.69) is 39.7 Å². The zero-order chi connectivity index (χ0) is 25.5. The molecule has 6 nitrogen and oxygen atoms in total. The molecule has 4 aromatic rings. The molecule has 0 aliphatic carbocycles. The van der Waals surface area contributed by atoms with Gasteiger partial charge in [-0.15, -0.1) is 0 Å². The fraction of sp³-hybridized carbons (Fsp3) is 0.129. The van der Waals surface area contributed by atoms with Crippen LogP contribution in [0.2, 0.25) is 0 Å². The van der Waals surface area contributed by atoms with Crippen molar-refractivity contribution >= 4 is 23.2 Å². The largest absolute Gasteiger partial charge is 0.293 e. The van der Waals surface area contributed by atoms with E-state index in [1.54, 1.807) is 4.90 Å². The molecule has 1 aliphatic heterocycles. The number of benzene rings is 4. The molecule has 4 aromatic carbocycles. The summed E-state index contributed by atoms with van der Waals surface area (Å²) >= 11 is 0. The Bertz CT molecular complexity index is 1350. The van der Waals surface area contributed by atoms with Gasteiger partial charge in [0, 0.05) is 18.7 Å². The summed E-state index contributed by atoms with van der Waals surface area (Å²) in [6, 6.07) is 37.5. The van der Waals surface area contributed by atoms with Crippen molar-refractivity contribution in [3.05, 3.63) is 138 Å². The Kier molecular flexibility index (Phi) is 7.48. The highest BCUT2D eigenvalue weighted by Crippen LogP contribution is 2.29. The van der Waals surface area contributed by atoms with Crippen molar-refractivity contribution in [2.24, 2.45) is 5.10 Å². The second-order valence-corrected chi connectivity index (χ2v) is 9.01. The van der Waals surface area contributed by atoms with Crippen LogP contribution in [0.15, 0.2) is 120 Å². The smallest absolute Gasteiger partial charge is 0.280 e. The van der Waals surface area contributed by atoms with Gasteiger partial charge in [-0.25, -0.2) is 5.43 Å². The number of nitrogens with one attached hydrogen (secondary N) is 1. The summed E-state index contributed by atoms with van der Waals surface area (Å²) in [4.78, 5) is 30.1. The minimum absolute atomic E-state index is 0.194. The Hall–Kier alpha value is -4.55. The molecule has 0 atom stereocenters. The van der Waals surface area contributed by atoms with Crippen molar-refractivity contribution in [1.82, 2.24) is 10.3 Å². The lowest BCUT2D eigenvalue weighted by atomic mass is 10.1. The Labute approximate surface area is 216 Å². The first-order valence-corrected chi connectivity index (χ1v) is 12.3. The van der Waals surface area contributed by atoms with Crippen molar-refractivity contribution in [3.8, 4) is 0 Å². The van der Waals surface area contributed by atoms with E-state index >= 15 is 0 Å². The molecule has 0 fully saturated rings. The topological polar surface area (TPSA) is 65.0 Å². The molecule has 37 heavy (non-hydrogen) atoms. The molecular weight excluding hydrogens is 460 g/mol. The second-order valence-electron chi connectivity index (χ2n) is 9.01.